The molecule has 5 heteroatoms. The second kappa shape index (κ2) is 5.96. The van der Waals surface area contributed by atoms with Crippen molar-refractivity contribution >= 4 is 22.6 Å². The summed E-state index contributed by atoms with van der Waals surface area (Å²) in [5, 5.41) is 3.12. The number of hydrogen-bond donors (Lipinski definition) is 1. The Hall–Kier alpha value is -3.08. The zero-order valence-corrected chi connectivity index (χ0v) is 12.8. The van der Waals surface area contributed by atoms with Crippen LogP contribution >= 0.6 is 0 Å². The lowest BCUT2D eigenvalue weighted by Gasteiger charge is -2.07. The summed E-state index contributed by atoms with van der Waals surface area (Å²) in [6.45, 7) is 1.93. The van der Waals surface area contributed by atoms with E-state index < -0.39 is 5.91 Å². The van der Waals surface area contributed by atoms with E-state index in [0.717, 1.165) is 5.56 Å². The lowest BCUT2D eigenvalue weighted by molar-refractivity contribution is 0.0997. The van der Waals surface area contributed by atoms with E-state index in [-0.39, 0.29) is 11.2 Å². The first-order valence-electron chi connectivity index (χ1n) is 7.07. The molecule has 23 heavy (non-hydrogen) atoms. The number of anilines is 1. The number of aryl methyl sites for hydroxylation is 1. The molecule has 1 aromatic heterocycles. The number of rotatable bonds is 3. The van der Waals surface area contributed by atoms with Crippen LogP contribution in [0.4, 0.5) is 5.69 Å². The third kappa shape index (κ3) is 3.08. The highest BCUT2D eigenvalue weighted by atomic mass is 16.5. The molecule has 3 aromatic rings. The third-order valence-electron chi connectivity index (χ3n) is 3.44. The maximum Gasteiger partial charge on any atom is 0.291 e. The topological polar surface area (TPSA) is 68.5 Å². The van der Waals surface area contributed by atoms with Crippen molar-refractivity contribution in [2.24, 2.45) is 0 Å². The molecule has 0 radical (unpaired) electrons. The molecular weight excluding hydrogens is 294 g/mol. The van der Waals surface area contributed by atoms with Gasteiger partial charge in [-0.25, -0.2) is 0 Å². The number of nitrogens with one attached hydrogen (secondary N) is 1. The number of fused-ring (bicyclic) bond motifs is 1. The second-order valence-corrected chi connectivity index (χ2v) is 5.16. The van der Waals surface area contributed by atoms with E-state index in [1.165, 1.54) is 13.2 Å². The molecule has 0 aliphatic heterocycles. The maximum absolute atomic E-state index is 12.3. The smallest absolute Gasteiger partial charge is 0.291 e. The van der Waals surface area contributed by atoms with Gasteiger partial charge in [0, 0.05) is 17.8 Å². The Morgan fingerprint density at radius 2 is 1.96 bits per heavy atom. The summed E-state index contributed by atoms with van der Waals surface area (Å²) in [7, 11) is 1.52. The van der Waals surface area contributed by atoms with Gasteiger partial charge in [0.2, 0.25) is 0 Å². The van der Waals surface area contributed by atoms with Gasteiger partial charge in [-0.2, -0.15) is 0 Å². The highest BCUT2D eigenvalue weighted by molar-refractivity contribution is 6.03. The summed E-state index contributed by atoms with van der Waals surface area (Å²) < 4.78 is 10.7. The summed E-state index contributed by atoms with van der Waals surface area (Å²) in [4.78, 5) is 24.4. The van der Waals surface area contributed by atoms with Gasteiger partial charge in [-0.3, -0.25) is 9.59 Å². The van der Waals surface area contributed by atoms with E-state index in [0.29, 0.717) is 22.4 Å². The van der Waals surface area contributed by atoms with Crippen molar-refractivity contribution < 1.29 is 13.9 Å². The Morgan fingerprint density at radius 1 is 1.13 bits per heavy atom. The fourth-order valence-corrected chi connectivity index (χ4v) is 2.29. The normalized spacial score (nSPS) is 10.5. The number of ether oxygens (including phenoxy) is 1. The predicted molar refractivity (Wildman–Crippen MR) is 88.2 cm³/mol. The maximum atomic E-state index is 12.3. The first kappa shape index (κ1) is 14.8. The molecule has 3 rings (SSSR count). The summed E-state index contributed by atoms with van der Waals surface area (Å²) in [5.41, 5.74) is 1.70. The van der Waals surface area contributed by atoms with Gasteiger partial charge in [0.1, 0.15) is 11.3 Å². The minimum Gasteiger partial charge on any atom is -0.497 e. The van der Waals surface area contributed by atoms with Crippen LogP contribution in [0.3, 0.4) is 0 Å². The molecule has 0 fully saturated rings. The molecule has 0 saturated carbocycles. The van der Waals surface area contributed by atoms with Gasteiger partial charge in [0.25, 0.3) is 5.91 Å². The van der Waals surface area contributed by atoms with E-state index in [9.17, 15) is 9.59 Å². The summed E-state index contributed by atoms with van der Waals surface area (Å²) >= 11 is 0. The minimum absolute atomic E-state index is 0.0442. The number of amides is 1. The van der Waals surface area contributed by atoms with Crippen LogP contribution in [0.5, 0.6) is 5.75 Å². The fraction of sp³-hybridized carbons (Fsp3) is 0.111. The van der Waals surface area contributed by atoms with Gasteiger partial charge in [-0.05, 0) is 36.8 Å². The van der Waals surface area contributed by atoms with Gasteiger partial charge < -0.3 is 14.5 Å². The summed E-state index contributed by atoms with van der Waals surface area (Å²) in [5.74, 6) is 0.0339. The van der Waals surface area contributed by atoms with Gasteiger partial charge in [0.15, 0.2) is 11.2 Å². The number of methoxy groups -OCH3 is 1. The zero-order valence-electron chi connectivity index (χ0n) is 12.8. The van der Waals surface area contributed by atoms with Crippen molar-refractivity contribution in [1.82, 2.24) is 0 Å². The van der Waals surface area contributed by atoms with Crippen LogP contribution in [-0.4, -0.2) is 13.0 Å². The van der Waals surface area contributed by atoms with Crippen LogP contribution in [0, 0.1) is 6.92 Å². The van der Waals surface area contributed by atoms with Crippen molar-refractivity contribution in [2.45, 2.75) is 6.92 Å². The molecule has 116 valence electrons. The number of benzene rings is 2. The Balaban J connectivity index is 1.98. The predicted octanol–water partition coefficient (Wildman–Crippen LogP) is 3.36. The monoisotopic (exact) mass is 309 g/mol. The van der Waals surface area contributed by atoms with Crippen molar-refractivity contribution in [1.29, 1.82) is 0 Å². The lowest BCUT2D eigenvalue weighted by atomic mass is 10.2. The van der Waals surface area contributed by atoms with Crippen molar-refractivity contribution in [3.8, 4) is 5.75 Å². The lowest BCUT2D eigenvalue weighted by Crippen LogP contribution is -2.15. The van der Waals surface area contributed by atoms with Crippen LogP contribution in [0.15, 0.2) is 57.7 Å². The van der Waals surface area contributed by atoms with Crippen molar-refractivity contribution in [3.05, 3.63) is 70.1 Å². The fourth-order valence-electron chi connectivity index (χ4n) is 2.29. The Kier molecular flexibility index (Phi) is 3.85. The molecule has 0 bridgehead atoms. The Labute approximate surface area is 132 Å². The molecule has 0 saturated heterocycles. The second-order valence-electron chi connectivity index (χ2n) is 5.16. The zero-order chi connectivity index (χ0) is 16.4. The summed E-state index contributed by atoms with van der Waals surface area (Å²) in [6.07, 6.45) is 0. The number of carbonyl (C=O) groups is 1. The molecule has 1 amide bonds. The van der Waals surface area contributed by atoms with Crippen LogP contribution in [0.1, 0.15) is 16.1 Å². The SMILES string of the molecule is COc1ccc2c(=O)cc(C(=O)Nc3cccc(C)c3)oc2c1. The third-order valence-corrected chi connectivity index (χ3v) is 3.44. The Morgan fingerprint density at radius 3 is 2.70 bits per heavy atom. The van der Waals surface area contributed by atoms with Gasteiger partial charge >= 0.3 is 0 Å². The van der Waals surface area contributed by atoms with Crippen molar-refractivity contribution in [3.63, 3.8) is 0 Å². The average molecular weight is 309 g/mol. The van der Waals surface area contributed by atoms with E-state index in [4.69, 9.17) is 9.15 Å². The first-order chi connectivity index (χ1) is 11.1. The molecule has 1 N–H and O–H groups in total. The molecule has 0 spiro atoms. The molecule has 0 aliphatic carbocycles. The highest BCUT2D eigenvalue weighted by Crippen LogP contribution is 2.20. The molecule has 5 nitrogen and oxygen atoms in total. The van der Waals surface area contributed by atoms with E-state index in [1.54, 1.807) is 24.3 Å². The van der Waals surface area contributed by atoms with Crippen LogP contribution in [0.2, 0.25) is 0 Å². The molecule has 0 aliphatic rings. The molecular formula is C18H15NO4. The quantitative estimate of drug-likeness (QED) is 0.805. The largest absolute Gasteiger partial charge is 0.497 e. The molecule has 2 aromatic carbocycles. The molecule has 1 heterocycles. The highest BCUT2D eigenvalue weighted by Gasteiger charge is 2.13. The minimum atomic E-state index is -0.475. The summed E-state index contributed by atoms with van der Waals surface area (Å²) in [6, 6.07) is 13.4. The van der Waals surface area contributed by atoms with Gasteiger partial charge in [-0.15, -0.1) is 0 Å². The van der Waals surface area contributed by atoms with Gasteiger partial charge in [0.05, 0.1) is 12.5 Å². The van der Waals surface area contributed by atoms with Crippen molar-refractivity contribution in [2.75, 3.05) is 12.4 Å². The standard InChI is InChI=1S/C18H15NO4/c1-11-4-3-5-12(8-11)19-18(21)17-10-15(20)14-7-6-13(22-2)9-16(14)23-17/h3-10H,1-2H3,(H,19,21). The van der Waals surface area contributed by atoms with Crippen LogP contribution < -0.4 is 15.5 Å². The van der Waals surface area contributed by atoms with E-state index in [2.05, 4.69) is 5.32 Å². The van der Waals surface area contributed by atoms with Crippen LogP contribution in [-0.2, 0) is 0 Å². The Bertz CT molecular complexity index is 943. The van der Waals surface area contributed by atoms with Gasteiger partial charge in [-0.1, -0.05) is 12.1 Å². The number of hydrogen-bond acceptors (Lipinski definition) is 4. The van der Waals surface area contributed by atoms with Crippen LogP contribution in [0.25, 0.3) is 11.0 Å². The molecule has 0 unspecified atom stereocenters. The number of carbonyl (C=O) groups excluding carboxylic acids is 1. The first-order valence-corrected chi connectivity index (χ1v) is 7.07. The van der Waals surface area contributed by atoms with E-state index in [1.807, 2.05) is 25.1 Å². The van der Waals surface area contributed by atoms with E-state index >= 15 is 0 Å². The average Bonchev–Trinajstić information content (AvgIpc) is 2.54. The molecule has 0 atom stereocenters.